The molecule has 118 valence electrons. The molecule has 0 aromatic heterocycles. The van der Waals surface area contributed by atoms with Crippen molar-refractivity contribution >= 4 is 0 Å². The van der Waals surface area contributed by atoms with Crippen molar-refractivity contribution in [1.82, 2.24) is 5.32 Å². The summed E-state index contributed by atoms with van der Waals surface area (Å²) in [6, 6.07) is 5.05. The predicted octanol–water partition coefficient (Wildman–Crippen LogP) is 4.76. The molecule has 0 saturated heterocycles. The summed E-state index contributed by atoms with van der Waals surface area (Å²) in [4.78, 5) is 0. The zero-order valence-electron chi connectivity index (χ0n) is 14.3. The zero-order valence-corrected chi connectivity index (χ0v) is 14.3. The highest BCUT2D eigenvalue weighted by Crippen LogP contribution is 2.31. The number of rotatable bonds is 5. The van der Waals surface area contributed by atoms with E-state index < -0.39 is 0 Å². The average Bonchev–Trinajstić information content (AvgIpc) is 2.42. The summed E-state index contributed by atoms with van der Waals surface area (Å²) in [6.45, 7) is 12.0. The molecule has 1 fully saturated rings. The van der Waals surface area contributed by atoms with Gasteiger partial charge >= 0.3 is 0 Å². The van der Waals surface area contributed by atoms with E-state index in [0.717, 1.165) is 18.2 Å². The van der Waals surface area contributed by atoms with E-state index in [-0.39, 0.29) is 0 Å². The Morgan fingerprint density at radius 3 is 2.19 bits per heavy atom. The first-order valence-corrected chi connectivity index (χ1v) is 8.46. The van der Waals surface area contributed by atoms with Gasteiger partial charge in [-0.25, -0.2) is 0 Å². The molecule has 2 nitrogen and oxygen atoms in total. The average molecular weight is 289 g/mol. The second kappa shape index (κ2) is 7.31. The topological polar surface area (TPSA) is 21.3 Å². The van der Waals surface area contributed by atoms with E-state index >= 15 is 0 Å². The summed E-state index contributed by atoms with van der Waals surface area (Å²) < 4.78 is 6.33. The molecule has 0 spiro atoms. The lowest BCUT2D eigenvalue weighted by molar-refractivity contribution is 0.134. The summed E-state index contributed by atoms with van der Waals surface area (Å²) in [5.74, 6) is 1.99. The van der Waals surface area contributed by atoms with Gasteiger partial charge in [0.25, 0.3) is 0 Å². The van der Waals surface area contributed by atoms with Crippen LogP contribution < -0.4 is 10.1 Å². The van der Waals surface area contributed by atoms with Crippen LogP contribution in [0.3, 0.4) is 0 Å². The summed E-state index contributed by atoms with van der Waals surface area (Å²) in [7, 11) is 0. The van der Waals surface area contributed by atoms with Crippen LogP contribution in [0.25, 0.3) is 0 Å². The van der Waals surface area contributed by atoms with Gasteiger partial charge in [0.2, 0.25) is 0 Å². The Bertz CT molecular complexity index is 436. The van der Waals surface area contributed by atoms with E-state index in [1.54, 1.807) is 0 Å². The minimum atomic E-state index is 0.415. The lowest BCUT2D eigenvalue weighted by Crippen LogP contribution is -2.24. The fourth-order valence-electron chi connectivity index (χ4n) is 3.16. The molecule has 1 aromatic carbocycles. The molecule has 21 heavy (non-hydrogen) atoms. The molecule has 0 unspecified atom stereocenters. The Hall–Kier alpha value is -1.02. The molecular weight excluding hydrogens is 258 g/mol. The van der Waals surface area contributed by atoms with Crippen molar-refractivity contribution in [2.45, 2.75) is 79.0 Å². The number of hydrogen-bond acceptors (Lipinski definition) is 2. The van der Waals surface area contributed by atoms with Crippen LogP contribution in [0.5, 0.6) is 5.75 Å². The third-order valence-electron chi connectivity index (χ3n) is 4.48. The Morgan fingerprint density at radius 1 is 1.10 bits per heavy atom. The molecule has 0 atom stereocenters. The van der Waals surface area contributed by atoms with Crippen LogP contribution in [-0.4, -0.2) is 12.1 Å². The van der Waals surface area contributed by atoms with E-state index in [4.69, 9.17) is 4.74 Å². The zero-order chi connectivity index (χ0) is 15.4. The normalized spacial score (nSPS) is 22.6. The first-order valence-electron chi connectivity index (χ1n) is 8.46. The van der Waals surface area contributed by atoms with Crippen molar-refractivity contribution in [3.8, 4) is 5.75 Å². The van der Waals surface area contributed by atoms with Gasteiger partial charge in [-0.3, -0.25) is 0 Å². The van der Waals surface area contributed by atoms with Gasteiger partial charge in [-0.05, 0) is 62.1 Å². The van der Waals surface area contributed by atoms with Gasteiger partial charge < -0.3 is 10.1 Å². The molecule has 1 aliphatic carbocycles. The van der Waals surface area contributed by atoms with Crippen molar-refractivity contribution in [2.24, 2.45) is 5.92 Å². The van der Waals surface area contributed by atoms with Gasteiger partial charge in [0.1, 0.15) is 5.75 Å². The highest BCUT2D eigenvalue weighted by atomic mass is 16.5. The molecule has 0 amide bonds. The van der Waals surface area contributed by atoms with Gasteiger partial charge in [-0.1, -0.05) is 32.9 Å². The van der Waals surface area contributed by atoms with Crippen LogP contribution >= 0.6 is 0 Å². The Kier molecular flexibility index (Phi) is 5.69. The van der Waals surface area contributed by atoms with E-state index in [0.29, 0.717) is 12.1 Å². The van der Waals surface area contributed by atoms with Crippen LogP contribution in [0.2, 0.25) is 0 Å². The largest absolute Gasteiger partial charge is 0.490 e. The molecule has 2 rings (SSSR count). The van der Waals surface area contributed by atoms with Gasteiger partial charge in [0, 0.05) is 12.6 Å². The van der Waals surface area contributed by atoms with Crippen LogP contribution in [0, 0.1) is 19.8 Å². The van der Waals surface area contributed by atoms with E-state index in [1.165, 1.54) is 42.4 Å². The number of benzene rings is 1. The first-order chi connectivity index (χ1) is 9.95. The van der Waals surface area contributed by atoms with Crippen molar-refractivity contribution < 1.29 is 4.74 Å². The second-order valence-electron chi connectivity index (χ2n) is 7.09. The lowest BCUT2D eigenvalue weighted by Gasteiger charge is -2.28. The van der Waals surface area contributed by atoms with Crippen LogP contribution in [0.4, 0.5) is 0 Å². The molecule has 0 bridgehead atoms. The smallest absolute Gasteiger partial charge is 0.125 e. The highest BCUT2D eigenvalue weighted by molar-refractivity contribution is 5.43. The molecule has 1 aliphatic rings. The summed E-state index contributed by atoms with van der Waals surface area (Å²) in [5.41, 5.74) is 3.90. The Labute approximate surface area is 130 Å². The number of aryl methyl sites for hydroxylation is 2. The maximum Gasteiger partial charge on any atom is 0.125 e. The molecule has 0 aliphatic heterocycles. The van der Waals surface area contributed by atoms with E-state index in [9.17, 15) is 0 Å². The maximum atomic E-state index is 6.33. The van der Waals surface area contributed by atoms with Crippen molar-refractivity contribution in [1.29, 1.82) is 0 Å². The lowest BCUT2D eigenvalue weighted by atomic mass is 9.89. The standard InChI is InChI=1S/C19H31NO/c1-13(2)20-12-17-10-15(4)19(16(5)11-17)21-18-8-6-14(3)7-9-18/h10-11,13-14,18,20H,6-9,12H2,1-5H3. The minimum Gasteiger partial charge on any atom is -0.490 e. The second-order valence-corrected chi connectivity index (χ2v) is 7.09. The highest BCUT2D eigenvalue weighted by Gasteiger charge is 2.20. The monoisotopic (exact) mass is 289 g/mol. The van der Waals surface area contributed by atoms with Crippen LogP contribution in [0.1, 0.15) is 63.1 Å². The molecule has 1 aromatic rings. The van der Waals surface area contributed by atoms with Gasteiger partial charge in [-0.2, -0.15) is 0 Å². The number of hydrogen-bond donors (Lipinski definition) is 1. The third-order valence-corrected chi connectivity index (χ3v) is 4.48. The van der Waals surface area contributed by atoms with Crippen LogP contribution in [0.15, 0.2) is 12.1 Å². The SMILES string of the molecule is Cc1cc(CNC(C)C)cc(C)c1OC1CCC(C)CC1. The van der Waals surface area contributed by atoms with E-state index in [1.807, 2.05) is 0 Å². The van der Waals surface area contributed by atoms with Gasteiger partial charge in [0.15, 0.2) is 0 Å². The minimum absolute atomic E-state index is 0.415. The fourth-order valence-corrected chi connectivity index (χ4v) is 3.16. The Morgan fingerprint density at radius 2 is 1.67 bits per heavy atom. The van der Waals surface area contributed by atoms with Gasteiger partial charge in [0.05, 0.1) is 6.10 Å². The molecular formula is C19H31NO. The quantitative estimate of drug-likeness (QED) is 0.844. The number of nitrogens with one attached hydrogen (secondary N) is 1. The van der Waals surface area contributed by atoms with E-state index in [2.05, 4.69) is 52.1 Å². The van der Waals surface area contributed by atoms with Gasteiger partial charge in [-0.15, -0.1) is 0 Å². The number of ether oxygens (including phenoxy) is 1. The maximum absolute atomic E-state index is 6.33. The Balaban J connectivity index is 2.03. The van der Waals surface area contributed by atoms with Crippen molar-refractivity contribution in [2.75, 3.05) is 0 Å². The predicted molar refractivity (Wildman–Crippen MR) is 89.9 cm³/mol. The molecule has 1 N–H and O–H groups in total. The fraction of sp³-hybridized carbons (Fsp3) is 0.684. The molecule has 1 saturated carbocycles. The summed E-state index contributed by atoms with van der Waals surface area (Å²) in [5, 5.41) is 3.48. The molecule has 0 radical (unpaired) electrons. The summed E-state index contributed by atoms with van der Waals surface area (Å²) >= 11 is 0. The van der Waals surface area contributed by atoms with Crippen LogP contribution in [-0.2, 0) is 6.54 Å². The molecule has 0 heterocycles. The van der Waals surface area contributed by atoms with Crippen molar-refractivity contribution in [3.63, 3.8) is 0 Å². The van der Waals surface area contributed by atoms with Crippen molar-refractivity contribution in [3.05, 3.63) is 28.8 Å². The molecule has 2 heteroatoms. The first kappa shape index (κ1) is 16.4. The third kappa shape index (κ3) is 4.74. The summed E-state index contributed by atoms with van der Waals surface area (Å²) in [6.07, 6.45) is 5.43.